The van der Waals surface area contributed by atoms with Crippen LogP contribution in [0.15, 0.2) is 48.5 Å². The number of amides is 2. The smallest absolute Gasteiger partial charge is 0.222 e. The van der Waals surface area contributed by atoms with E-state index in [4.69, 9.17) is 4.74 Å². The number of nitrogens with one attached hydrogen (secondary N) is 2. The van der Waals surface area contributed by atoms with Gasteiger partial charge in [-0.05, 0) is 54.2 Å². The Kier molecular flexibility index (Phi) is 7.44. The Morgan fingerprint density at radius 1 is 1.00 bits per heavy atom. The van der Waals surface area contributed by atoms with Crippen molar-refractivity contribution in [2.45, 2.75) is 51.1 Å². The fourth-order valence-corrected chi connectivity index (χ4v) is 4.19. The lowest BCUT2D eigenvalue weighted by atomic mass is 9.91. The second-order valence-corrected chi connectivity index (χ2v) is 7.87. The fourth-order valence-electron chi connectivity index (χ4n) is 4.19. The topological polar surface area (TPSA) is 67.4 Å². The van der Waals surface area contributed by atoms with E-state index >= 15 is 0 Å². The summed E-state index contributed by atoms with van der Waals surface area (Å²) in [5.74, 6) is 0.405. The number of methoxy groups -OCH3 is 1. The van der Waals surface area contributed by atoms with Gasteiger partial charge in [0.1, 0.15) is 11.6 Å². The molecular formula is C24H29FN2O3. The van der Waals surface area contributed by atoms with Crippen LogP contribution in [0.3, 0.4) is 0 Å². The highest BCUT2D eigenvalue weighted by atomic mass is 19.1. The van der Waals surface area contributed by atoms with Gasteiger partial charge in [0.05, 0.1) is 25.6 Å². The molecule has 1 saturated carbocycles. The van der Waals surface area contributed by atoms with E-state index in [1.54, 1.807) is 19.2 Å². The third-order valence-corrected chi connectivity index (χ3v) is 5.70. The second-order valence-electron chi connectivity index (χ2n) is 7.87. The maximum Gasteiger partial charge on any atom is 0.222 e. The molecule has 1 aliphatic rings. The Labute approximate surface area is 177 Å². The zero-order valence-corrected chi connectivity index (χ0v) is 17.5. The predicted molar refractivity (Wildman–Crippen MR) is 113 cm³/mol. The Morgan fingerprint density at radius 2 is 1.60 bits per heavy atom. The van der Waals surface area contributed by atoms with Crippen LogP contribution < -0.4 is 15.4 Å². The van der Waals surface area contributed by atoms with Gasteiger partial charge >= 0.3 is 0 Å². The summed E-state index contributed by atoms with van der Waals surface area (Å²) in [6.07, 6.45) is 4.47. The predicted octanol–water partition coefficient (Wildman–Crippen LogP) is 4.45. The summed E-state index contributed by atoms with van der Waals surface area (Å²) in [6.45, 7) is 1.44. The van der Waals surface area contributed by atoms with E-state index in [-0.39, 0.29) is 30.1 Å². The highest BCUT2D eigenvalue weighted by Gasteiger charge is 2.28. The molecule has 1 aliphatic carbocycles. The van der Waals surface area contributed by atoms with E-state index in [9.17, 15) is 14.0 Å². The van der Waals surface area contributed by atoms with Gasteiger partial charge in [0.25, 0.3) is 0 Å². The zero-order chi connectivity index (χ0) is 21.5. The van der Waals surface area contributed by atoms with Crippen molar-refractivity contribution in [2.75, 3.05) is 7.11 Å². The van der Waals surface area contributed by atoms with Crippen molar-refractivity contribution < 1.29 is 18.7 Å². The summed E-state index contributed by atoms with van der Waals surface area (Å²) >= 11 is 0. The van der Waals surface area contributed by atoms with E-state index in [1.807, 2.05) is 24.3 Å². The molecule has 0 aliphatic heterocycles. The van der Waals surface area contributed by atoms with Crippen LogP contribution in [0.4, 0.5) is 4.39 Å². The molecule has 160 valence electrons. The molecule has 0 unspecified atom stereocenters. The number of carbonyl (C=O) groups excluding carboxylic acids is 2. The zero-order valence-electron chi connectivity index (χ0n) is 17.5. The SMILES string of the molecule is COc1ccc([C@@H](CC(=O)N[C@H](c2ccc(F)cc2)C2CCCC2)NC(C)=O)cc1. The van der Waals surface area contributed by atoms with Crippen LogP contribution in [-0.4, -0.2) is 18.9 Å². The van der Waals surface area contributed by atoms with E-state index < -0.39 is 6.04 Å². The number of carbonyl (C=O) groups is 2. The van der Waals surface area contributed by atoms with Crippen molar-refractivity contribution in [1.82, 2.24) is 10.6 Å². The Balaban J connectivity index is 1.75. The molecule has 3 rings (SSSR count). The molecule has 2 amide bonds. The molecule has 0 radical (unpaired) electrons. The van der Waals surface area contributed by atoms with Crippen molar-refractivity contribution in [3.63, 3.8) is 0 Å². The number of benzene rings is 2. The molecule has 5 nitrogen and oxygen atoms in total. The minimum absolute atomic E-state index is 0.121. The molecule has 2 aromatic carbocycles. The Morgan fingerprint density at radius 3 is 2.17 bits per heavy atom. The number of rotatable bonds is 8. The van der Waals surface area contributed by atoms with Crippen LogP contribution in [0.5, 0.6) is 5.75 Å². The third-order valence-electron chi connectivity index (χ3n) is 5.70. The van der Waals surface area contributed by atoms with Gasteiger partial charge in [-0.25, -0.2) is 4.39 Å². The maximum atomic E-state index is 13.4. The van der Waals surface area contributed by atoms with E-state index in [0.717, 1.165) is 36.8 Å². The molecule has 1 fully saturated rings. The summed E-state index contributed by atoms with van der Waals surface area (Å²) in [7, 11) is 1.59. The number of halogens is 1. The number of ether oxygens (including phenoxy) is 1. The lowest BCUT2D eigenvalue weighted by Gasteiger charge is -2.27. The van der Waals surface area contributed by atoms with Crippen molar-refractivity contribution in [3.8, 4) is 5.75 Å². The van der Waals surface area contributed by atoms with Gasteiger partial charge in [-0.1, -0.05) is 37.1 Å². The third kappa shape index (κ3) is 5.81. The summed E-state index contributed by atoms with van der Waals surface area (Å²) in [6, 6.07) is 13.1. The highest BCUT2D eigenvalue weighted by Crippen LogP contribution is 2.36. The average Bonchev–Trinajstić information content (AvgIpc) is 3.27. The molecule has 0 heterocycles. The molecule has 0 bridgehead atoms. The largest absolute Gasteiger partial charge is 0.497 e. The molecule has 6 heteroatoms. The van der Waals surface area contributed by atoms with Gasteiger partial charge in [-0.15, -0.1) is 0 Å². The summed E-state index contributed by atoms with van der Waals surface area (Å²) < 4.78 is 18.6. The van der Waals surface area contributed by atoms with Gasteiger partial charge in [0.15, 0.2) is 0 Å². The molecule has 2 N–H and O–H groups in total. The minimum atomic E-state index is -0.439. The fraction of sp³-hybridized carbons (Fsp3) is 0.417. The first-order chi connectivity index (χ1) is 14.5. The lowest BCUT2D eigenvalue weighted by molar-refractivity contribution is -0.123. The van der Waals surface area contributed by atoms with Crippen LogP contribution in [0.2, 0.25) is 0 Å². The molecule has 30 heavy (non-hydrogen) atoms. The van der Waals surface area contributed by atoms with E-state index in [2.05, 4.69) is 10.6 Å². The van der Waals surface area contributed by atoms with E-state index in [1.165, 1.54) is 19.1 Å². The van der Waals surface area contributed by atoms with Crippen molar-refractivity contribution in [1.29, 1.82) is 0 Å². The average molecular weight is 413 g/mol. The lowest BCUT2D eigenvalue weighted by Crippen LogP contribution is -2.36. The normalized spacial score (nSPS) is 16.0. The number of hydrogen-bond acceptors (Lipinski definition) is 3. The van der Waals surface area contributed by atoms with Gasteiger partial charge in [-0.3, -0.25) is 9.59 Å². The maximum absolute atomic E-state index is 13.4. The molecular weight excluding hydrogens is 383 g/mol. The Hall–Kier alpha value is -2.89. The van der Waals surface area contributed by atoms with Crippen LogP contribution in [-0.2, 0) is 9.59 Å². The molecule has 2 aromatic rings. The summed E-state index contributed by atoms with van der Waals surface area (Å²) in [5.41, 5.74) is 1.75. The second kappa shape index (κ2) is 10.2. The highest BCUT2D eigenvalue weighted by molar-refractivity contribution is 5.79. The van der Waals surface area contributed by atoms with E-state index in [0.29, 0.717) is 11.7 Å². The van der Waals surface area contributed by atoms with Crippen molar-refractivity contribution in [3.05, 3.63) is 65.5 Å². The monoisotopic (exact) mass is 412 g/mol. The van der Waals surface area contributed by atoms with Gasteiger partial charge in [0, 0.05) is 6.92 Å². The Bertz CT molecular complexity index is 846. The quantitative estimate of drug-likeness (QED) is 0.673. The summed E-state index contributed by atoms with van der Waals surface area (Å²) in [4.78, 5) is 24.7. The molecule has 0 saturated heterocycles. The first kappa shape index (κ1) is 21.8. The minimum Gasteiger partial charge on any atom is -0.497 e. The first-order valence-electron chi connectivity index (χ1n) is 10.4. The van der Waals surface area contributed by atoms with Gasteiger partial charge in [-0.2, -0.15) is 0 Å². The van der Waals surface area contributed by atoms with Crippen molar-refractivity contribution in [2.24, 2.45) is 5.92 Å². The van der Waals surface area contributed by atoms with Gasteiger partial charge in [0.2, 0.25) is 11.8 Å². The van der Waals surface area contributed by atoms with Gasteiger partial charge < -0.3 is 15.4 Å². The molecule has 0 spiro atoms. The van der Waals surface area contributed by atoms with Crippen LogP contribution in [0, 0.1) is 11.7 Å². The summed E-state index contributed by atoms with van der Waals surface area (Å²) in [5, 5.41) is 6.02. The van der Waals surface area contributed by atoms with Crippen LogP contribution >= 0.6 is 0 Å². The first-order valence-corrected chi connectivity index (χ1v) is 10.4. The van der Waals surface area contributed by atoms with Crippen molar-refractivity contribution >= 4 is 11.8 Å². The number of hydrogen-bond donors (Lipinski definition) is 2. The molecule has 0 aromatic heterocycles. The standard InChI is InChI=1S/C24H29FN2O3/c1-16(28)26-22(17-9-13-21(30-2)14-10-17)15-23(29)27-24(18-5-3-4-6-18)19-7-11-20(25)12-8-19/h7-14,18,22,24H,3-6,15H2,1-2H3,(H,26,28)(H,27,29)/t22-,24+/m1/s1. The van der Waals surface area contributed by atoms with Crippen LogP contribution in [0.1, 0.15) is 62.2 Å². The van der Waals surface area contributed by atoms with Crippen LogP contribution in [0.25, 0.3) is 0 Å². The molecule has 2 atom stereocenters.